The van der Waals surface area contributed by atoms with Crippen LogP contribution in [0.4, 0.5) is 4.79 Å². The summed E-state index contributed by atoms with van der Waals surface area (Å²) < 4.78 is 0. The number of imide groups is 1. The highest BCUT2D eigenvalue weighted by molar-refractivity contribution is 5.96. The topological polar surface area (TPSA) is 49.4 Å². The van der Waals surface area contributed by atoms with E-state index in [-0.39, 0.29) is 18.0 Å². The van der Waals surface area contributed by atoms with Gasteiger partial charge in [0, 0.05) is 13.0 Å². The standard InChI is InChI=1S/C13H16N2O2/c1-9-5-3-4-6-11(9)10(2)15-8-7-12(16)14-13(15)17/h3-6,10H,7-8H2,1-2H3,(H,14,16,17). The van der Waals surface area contributed by atoms with E-state index < -0.39 is 0 Å². The molecule has 4 heteroatoms. The highest BCUT2D eigenvalue weighted by atomic mass is 16.2. The van der Waals surface area contributed by atoms with Gasteiger partial charge in [0.05, 0.1) is 6.04 Å². The molecule has 0 aromatic heterocycles. The molecule has 1 heterocycles. The molecular formula is C13H16N2O2. The van der Waals surface area contributed by atoms with Crippen molar-refractivity contribution < 1.29 is 9.59 Å². The molecule has 0 radical (unpaired) electrons. The lowest BCUT2D eigenvalue weighted by Crippen LogP contribution is -2.50. The first-order chi connectivity index (χ1) is 8.09. The lowest BCUT2D eigenvalue weighted by atomic mass is 10.0. The average molecular weight is 232 g/mol. The summed E-state index contributed by atoms with van der Waals surface area (Å²) in [5.41, 5.74) is 2.28. The van der Waals surface area contributed by atoms with Crippen molar-refractivity contribution in [1.82, 2.24) is 10.2 Å². The van der Waals surface area contributed by atoms with Gasteiger partial charge >= 0.3 is 6.03 Å². The van der Waals surface area contributed by atoms with Crippen LogP contribution in [-0.2, 0) is 4.79 Å². The van der Waals surface area contributed by atoms with Crippen molar-refractivity contribution in [3.8, 4) is 0 Å². The number of rotatable bonds is 2. The second-order valence-electron chi connectivity index (χ2n) is 4.33. The normalized spacial score (nSPS) is 17.9. The molecule has 1 aliphatic heterocycles. The second kappa shape index (κ2) is 4.57. The van der Waals surface area contributed by atoms with Crippen LogP contribution in [0.2, 0.25) is 0 Å². The number of aryl methyl sites for hydroxylation is 1. The maximum absolute atomic E-state index is 11.7. The molecule has 0 spiro atoms. The van der Waals surface area contributed by atoms with E-state index in [4.69, 9.17) is 0 Å². The molecule has 1 N–H and O–H groups in total. The van der Waals surface area contributed by atoms with E-state index in [2.05, 4.69) is 5.32 Å². The maximum atomic E-state index is 11.7. The van der Waals surface area contributed by atoms with Gasteiger partial charge in [0.2, 0.25) is 5.91 Å². The van der Waals surface area contributed by atoms with Crippen LogP contribution in [0.5, 0.6) is 0 Å². The monoisotopic (exact) mass is 232 g/mol. The summed E-state index contributed by atoms with van der Waals surface area (Å²) in [6, 6.07) is 7.68. The molecule has 1 saturated heterocycles. The Morgan fingerprint density at radius 2 is 2.00 bits per heavy atom. The summed E-state index contributed by atoms with van der Waals surface area (Å²) in [5, 5.41) is 2.35. The van der Waals surface area contributed by atoms with Crippen LogP contribution in [0.3, 0.4) is 0 Å². The van der Waals surface area contributed by atoms with E-state index in [9.17, 15) is 9.59 Å². The minimum atomic E-state index is -0.294. The third-order valence-corrected chi connectivity index (χ3v) is 3.19. The summed E-state index contributed by atoms with van der Waals surface area (Å²) in [7, 11) is 0. The number of carbonyl (C=O) groups excluding carboxylic acids is 2. The van der Waals surface area contributed by atoms with Gasteiger partial charge in [-0.25, -0.2) is 4.79 Å². The molecule has 1 unspecified atom stereocenters. The molecule has 1 fully saturated rings. The Kier molecular flexibility index (Phi) is 3.13. The number of hydrogen-bond donors (Lipinski definition) is 1. The van der Waals surface area contributed by atoms with Crippen LogP contribution in [0, 0.1) is 6.92 Å². The predicted octanol–water partition coefficient (Wildman–Crippen LogP) is 2.00. The van der Waals surface area contributed by atoms with Gasteiger partial charge in [0.25, 0.3) is 0 Å². The number of hydrogen-bond acceptors (Lipinski definition) is 2. The second-order valence-corrected chi connectivity index (χ2v) is 4.33. The molecule has 1 aliphatic rings. The molecule has 4 nitrogen and oxygen atoms in total. The predicted molar refractivity (Wildman–Crippen MR) is 64.5 cm³/mol. The van der Waals surface area contributed by atoms with Crippen LogP contribution in [0.15, 0.2) is 24.3 Å². The molecule has 1 atom stereocenters. The van der Waals surface area contributed by atoms with Crippen molar-refractivity contribution in [3.05, 3.63) is 35.4 Å². The fraction of sp³-hybridized carbons (Fsp3) is 0.385. The van der Waals surface area contributed by atoms with Crippen molar-refractivity contribution in [1.29, 1.82) is 0 Å². The number of urea groups is 1. The number of carbonyl (C=O) groups is 2. The van der Waals surface area contributed by atoms with Crippen molar-refractivity contribution in [2.45, 2.75) is 26.3 Å². The Hall–Kier alpha value is -1.84. The molecule has 0 aliphatic carbocycles. The van der Waals surface area contributed by atoms with Crippen LogP contribution in [0.25, 0.3) is 0 Å². The molecule has 17 heavy (non-hydrogen) atoms. The zero-order chi connectivity index (χ0) is 12.4. The lowest BCUT2D eigenvalue weighted by molar-refractivity contribution is -0.121. The van der Waals surface area contributed by atoms with Gasteiger partial charge in [0.1, 0.15) is 0 Å². The SMILES string of the molecule is Cc1ccccc1C(C)N1CCC(=O)NC1=O. The molecule has 0 saturated carbocycles. The van der Waals surface area contributed by atoms with Crippen LogP contribution >= 0.6 is 0 Å². The van der Waals surface area contributed by atoms with E-state index in [0.717, 1.165) is 11.1 Å². The summed E-state index contributed by atoms with van der Waals surface area (Å²) in [4.78, 5) is 24.5. The minimum absolute atomic E-state index is 0.00991. The number of benzene rings is 1. The van der Waals surface area contributed by atoms with Crippen LogP contribution < -0.4 is 5.32 Å². The van der Waals surface area contributed by atoms with Crippen molar-refractivity contribution in [2.75, 3.05) is 6.54 Å². The average Bonchev–Trinajstić information content (AvgIpc) is 2.29. The summed E-state index contributed by atoms with van der Waals surface area (Å²) in [5.74, 6) is -0.191. The number of amides is 3. The molecule has 1 aromatic carbocycles. The molecule has 0 bridgehead atoms. The third-order valence-electron chi connectivity index (χ3n) is 3.19. The van der Waals surface area contributed by atoms with Gasteiger partial charge < -0.3 is 4.90 Å². The van der Waals surface area contributed by atoms with E-state index >= 15 is 0 Å². The van der Waals surface area contributed by atoms with Crippen molar-refractivity contribution in [2.24, 2.45) is 0 Å². The molecule has 1 aromatic rings. The van der Waals surface area contributed by atoms with Gasteiger partial charge in [-0.05, 0) is 25.0 Å². The Morgan fingerprint density at radius 3 is 2.65 bits per heavy atom. The van der Waals surface area contributed by atoms with Gasteiger partial charge in [-0.1, -0.05) is 24.3 Å². The van der Waals surface area contributed by atoms with Crippen LogP contribution in [-0.4, -0.2) is 23.4 Å². The highest BCUT2D eigenvalue weighted by Crippen LogP contribution is 2.24. The summed E-state index contributed by atoms with van der Waals surface area (Å²) in [6.45, 7) is 4.50. The fourth-order valence-electron chi connectivity index (χ4n) is 2.17. The quantitative estimate of drug-likeness (QED) is 0.847. The van der Waals surface area contributed by atoms with Gasteiger partial charge in [0.15, 0.2) is 0 Å². The minimum Gasteiger partial charge on any atom is -0.317 e. The van der Waals surface area contributed by atoms with Crippen molar-refractivity contribution in [3.63, 3.8) is 0 Å². The zero-order valence-corrected chi connectivity index (χ0v) is 10.1. The van der Waals surface area contributed by atoms with Gasteiger partial charge in [-0.15, -0.1) is 0 Å². The zero-order valence-electron chi connectivity index (χ0n) is 10.1. The largest absolute Gasteiger partial charge is 0.324 e. The molecule has 3 amide bonds. The first-order valence-electron chi connectivity index (χ1n) is 5.75. The Morgan fingerprint density at radius 1 is 1.29 bits per heavy atom. The van der Waals surface area contributed by atoms with Gasteiger partial charge in [-0.3, -0.25) is 10.1 Å². The number of nitrogens with zero attached hydrogens (tertiary/aromatic N) is 1. The maximum Gasteiger partial charge on any atom is 0.324 e. The summed E-state index contributed by atoms with van der Waals surface area (Å²) >= 11 is 0. The van der Waals surface area contributed by atoms with E-state index in [1.165, 1.54) is 0 Å². The molecule has 2 rings (SSSR count). The van der Waals surface area contributed by atoms with Crippen molar-refractivity contribution >= 4 is 11.9 Å². The molecular weight excluding hydrogens is 216 g/mol. The first kappa shape index (κ1) is 11.6. The van der Waals surface area contributed by atoms with Gasteiger partial charge in [-0.2, -0.15) is 0 Å². The van der Waals surface area contributed by atoms with Crippen LogP contribution in [0.1, 0.15) is 30.5 Å². The Bertz CT molecular complexity index is 456. The van der Waals surface area contributed by atoms with E-state index in [0.29, 0.717) is 13.0 Å². The molecule has 90 valence electrons. The van der Waals surface area contributed by atoms with E-state index in [1.807, 2.05) is 38.1 Å². The first-order valence-corrected chi connectivity index (χ1v) is 5.75. The smallest absolute Gasteiger partial charge is 0.317 e. The Balaban J connectivity index is 2.20. The van der Waals surface area contributed by atoms with E-state index in [1.54, 1.807) is 4.90 Å². The Labute approximate surface area is 101 Å². The third kappa shape index (κ3) is 2.30. The fourth-order valence-corrected chi connectivity index (χ4v) is 2.17. The number of nitrogens with one attached hydrogen (secondary N) is 1. The summed E-state index contributed by atoms with van der Waals surface area (Å²) in [6.07, 6.45) is 0.377. The highest BCUT2D eigenvalue weighted by Gasteiger charge is 2.28. The lowest BCUT2D eigenvalue weighted by Gasteiger charge is -2.33.